The van der Waals surface area contributed by atoms with Crippen LogP contribution in [0.1, 0.15) is 34.6 Å². The Labute approximate surface area is 192 Å². The summed E-state index contributed by atoms with van der Waals surface area (Å²) in [6.07, 6.45) is 3.68. The maximum absolute atomic E-state index is 14.7. The normalized spacial score (nSPS) is 18.1. The van der Waals surface area contributed by atoms with Crippen molar-refractivity contribution in [2.24, 2.45) is 0 Å². The van der Waals surface area contributed by atoms with Gasteiger partial charge >= 0.3 is 0 Å². The first-order valence-corrected chi connectivity index (χ1v) is 11.0. The molecule has 2 atom stereocenters. The van der Waals surface area contributed by atoms with E-state index in [-0.39, 0.29) is 17.9 Å². The molecule has 1 fully saturated rings. The van der Waals surface area contributed by atoms with Gasteiger partial charge in [0.15, 0.2) is 5.11 Å². The molecule has 0 amide bonds. The van der Waals surface area contributed by atoms with E-state index in [0.29, 0.717) is 10.8 Å². The minimum Gasteiger partial charge on any atom is -0.351 e. The van der Waals surface area contributed by atoms with E-state index < -0.39 is 0 Å². The second kappa shape index (κ2) is 8.20. The fourth-order valence-corrected chi connectivity index (χ4v) is 4.66. The maximum atomic E-state index is 14.7. The zero-order valence-electron chi connectivity index (χ0n) is 17.9. The molecule has 0 aliphatic carbocycles. The molecule has 0 spiro atoms. The first-order chi connectivity index (χ1) is 15.5. The van der Waals surface area contributed by atoms with Gasteiger partial charge in [-0.05, 0) is 85.7 Å². The van der Waals surface area contributed by atoms with Gasteiger partial charge in [-0.3, -0.25) is 4.98 Å². The Bertz CT molecular complexity index is 1280. The van der Waals surface area contributed by atoms with Gasteiger partial charge in [-0.15, -0.1) is 0 Å². The average molecular weight is 443 g/mol. The molecule has 4 aromatic rings. The second-order valence-corrected chi connectivity index (χ2v) is 8.41. The average Bonchev–Trinajstić information content (AvgIpc) is 3.41. The van der Waals surface area contributed by atoms with Gasteiger partial charge in [-0.25, -0.2) is 4.39 Å². The van der Waals surface area contributed by atoms with Crippen molar-refractivity contribution < 1.29 is 4.39 Å². The summed E-state index contributed by atoms with van der Waals surface area (Å²) >= 11 is 5.82. The van der Waals surface area contributed by atoms with Gasteiger partial charge in [0.25, 0.3) is 0 Å². The minimum absolute atomic E-state index is 0.189. The molecule has 0 unspecified atom stereocenters. The van der Waals surface area contributed by atoms with E-state index in [0.717, 1.165) is 17.1 Å². The number of halogens is 1. The molecule has 0 radical (unpaired) electrons. The molecule has 2 aromatic heterocycles. The zero-order valence-corrected chi connectivity index (χ0v) is 18.7. The lowest BCUT2D eigenvalue weighted by Gasteiger charge is -2.29. The molecule has 32 heavy (non-hydrogen) atoms. The number of para-hydroxylation sites is 1. The van der Waals surface area contributed by atoms with Crippen LogP contribution in [0.15, 0.2) is 85.2 Å². The Morgan fingerprint density at radius 3 is 2.50 bits per heavy atom. The van der Waals surface area contributed by atoms with Gasteiger partial charge in [0.2, 0.25) is 0 Å². The van der Waals surface area contributed by atoms with Crippen molar-refractivity contribution in [3.63, 3.8) is 0 Å². The fraction of sp³-hybridized carbons (Fsp3) is 0.154. The van der Waals surface area contributed by atoms with Crippen molar-refractivity contribution in [1.82, 2.24) is 14.9 Å². The third-order valence-corrected chi connectivity index (χ3v) is 6.38. The van der Waals surface area contributed by atoms with Crippen LogP contribution in [0.5, 0.6) is 0 Å². The third kappa shape index (κ3) is 3.46. The number of thiocarbonyl (C=S) groups is 1. The number of nitrogens with zero attached hydrogens (tertiary/aromatic N) is 3. The Balaban J connectivity index is 1.69. The Morgan fingerprint density at radius 2 is 1.75 bits per heavy atom. The third-order valence-electron chi connectivity index (χ3n) is 6.06. The van der Waals surface area contributed by atoms with E-state index in [2.05, 4.69) is 47.2 Å². The number of hydrogen-bond acceptors (Lipinski definition) is 2. The first-order valence-electron chi connectivity index (χ1n) is 10.5. The van der Waals surface area contributed by atoms with E-state index in [1.807, 2.05) is 47.2 Å². The number of benzene rings is 2. The molecule has 0 bridgehead atoms. The number of anilines is 1. The van der Waals surface area contributed by atoms with Crippen LogP contribution in [0, 0.1) is 19.7 Å². The van der Waals surface area contributed by atoms with Gasteiger partial charge in [-0.2, -0.15) is 0 Å². The molecule has 3 heterocycles. The summed E-state index contributed by atoms with van der Waals surface area (Å²) in [5.74, 6) is -0.273. The minimum atomic E-state index is -0.273. The van der Waals surface area contributed by atoms with E-state index in [9.17, 15) is 4.39 Å². The van der Waals surface area contributed by atoms with Gasteiger partial charge in [0.1, 0.15) is 11.9 Å². The highest BCUT2D eigenvalue weighted by molar-refractivity contribution is 7.80. The van der Waals surface area contributed by atoms with Crippen molar-refractivity contribution in [3.8, 4) is 5.69 Å². The number of aromatic nitrogens is 2. The highest BCUT2D eigenvalue weighted by atomic mass is 32.1. The SMILES string of the molecule is Cc1ccc(N2C(=S)N[C@@H](c3ccccn3)[C@@H]2c2cccn2-c2ccccc2F)cc1C. The quantitative estimate of drug-likeness (QED) is 0.405. The number of pyridine rings is 1. The van der Waals surface area contributed by atoms with Crippen LogP contribution in [-0.4, -0.2) is 14.7 Å². The van der Waals surface area contributed by atoms with Crippen molar-refractivity contribution in [2.75, 3.05) is 4.90 Å². The fourth-order valence-electron chi connectivity index (χ4n) is 4.31. The van der Waals surface area contributed by atoms with E-state index in [1.54, 1.807) is 18.3 Å². The molecule has 5 rings (SSSR count). The Hall–Kier alpha value is -3.51. The molecule has 4 nitrogen and oxygen atoms in total. The Morgan fingerprint density at radius 1 is 0.938 bits per heavy atom. The molecular weight excluding hydrogens is 419 g/mol. The number of rotatable bonds is 4. The molecule has 6 heteroatoms. The first kappa shape index (κ1) is 20.4. The highest BCUT2D eigenvalue weighted by Crippen LogP contribution is 2.42. The standard InChI is InChI=1S/C26H23FN4S/c1-17-12-13-19(16-18(17)2)31-25(24(29-26(31)32)21-9-5-6-14-28-21)23-11-7-15-30(23)22-10-4-3-8-20(22)27/h3-16,24-25H,1-2H3,(H,29,32)/t24-,25-/m0/s1. The molecule has 1 saturated heterocycles. The maximum Gasteiger partial charge on any atom is 0.174 e. The highest BCUT2D eigenvalue weighted by Gasteiger charge is 2.42. The molecule has 1 N–H and O–H groups in total. The van der Waals surface area contributed by atoms with Crippen molar-refractivity contribution in [2.45, 2.75) is 25.9 Å². The van der Waals surface area contributed by atoms with Crippen LogP contribution in [0.3, 0.4) is 0 Å². The lowest BCUT2D eigenvalue weighted by atomic mass is 10.00. The summed E-state index contributed by atoms with van der Waals surface area (Å²) < 4.78 is 16.6. The molecule has 1 aliphatic heterocycles. The number of nitrogens with one attached hydrogen (secondary N) is 1. The van der Waals surface area contributed by atoms with E-state index >= 15 is 0 Å². The van der Waals surface area contributed by atoms with Crippen molar-refractivity contribution in [3.05, 3.63) is 114 Å². The predicted octanol–water partition coefficient (Wildman–Crippen LogP) is 5.81. The summed E-state index contributed by atoms with van der Waals surface area (Å²) in [6.45, 7) is 4.19. The largest absolute Gasteiger partial charge is 0.351 e. The van der Waals surface area contributed by atoms with Crippen LogP contribution < -0.4 is 10.2 Å². The monoisotopic (exact) mass is 442 g/mol. The van der Waals surface area contributed by atoms with Gasteiger partial charge < -0.3 is 14.8 Å². The van der Waals surface area contributed by atoms with Crippen LogP contribution in [0.2, 0.25) is 0 Å². The molecule has 160 valence electrons. The second-order valence-electron chi connectivity index (χ2n) is 8.02. The van der Waals surface area contributed by atoms with Crippen LogP contribution in [0.25, 0.3) is 5.69 Å². The van der Waals surface area contributed by atoms with Crippen molar-refractivity contribution >= 4 is 23.0 Å². The summed E-state index contributed by atoms with van der Waals surface area (Å²) in [6, 6.07) is 22.6. The zero-order chi connectivity index (χ0) is 22.2. The number of hydrogen-bond donors (Lipinski definition) is 1. The topological polar surface area (TPSA) is 33.1 Å². The summed E-state index contributed by atoms with van der Waals surface area (Å²) in [4.78, 5) is 6.72. The Kier molecular flexibility index (Phi) is 5.23. The molecular formula is C26H23FN4S. The predicted molar refractivity (Wildman–Crippen MR) is 130 cm³/mol. The van der Waals surface area contributed by atoms with Crippen LogP contribution in [0.4, 0.5) is 10.1 Å². The molecule has 2 aromatic carbocycles. The molecule has 1 aliphatic rings. The van der Waals surface area contributed by atoms with Crippen LogP contribution >= 0.6 is 12.2 Å². The van der Waals surface area contributed by atoms with Gasteiger partial charge in [0, 0.05) is 23.8 Å². The van der Waals surface area contributed by atoms with Gasteiger partial charge in [-0.1, -0.05) is 24.3 Å². The summed E-state index contributed by atoms with van der Waals surface area (Å²) in [7, 11) is 0. The number of aryl methyl sites for hydroxylation is 2. The van der Waals surface area contributed by atoms with Crippen LogP contribution in [-0.2, 0) is 0 Å². The summed E-state index contributed by atoms with van der Waals surface area (Å²) in [5.41, 5.74) is 5.72. The lowest BCUT2D eigenvalue weighted by Crippen LogP contribution is -2.30. The van der Waals surface area contributed by atoms with Crippen molar-refractivity contribution in [1.29, 1.82) is 0 Å². The lowest BCUT2D eigenvalue weighted by molar-refractivity contribution is 0.544. The summed E-state index contributed by atoms with van der Waals surface area (Å²) in [5, 5.41) is 4.09. The molecule has 0 saturated carbocycles. The van der Waals surface area contributed by atoms with E-state index in [4.69, 9.17) is 12.2 Å². The smallest absolute Gasteiger partial charge is 0.174 e. The van der Waals surface area contributed by atoms with E-state index in [1.165, 1.54) is 17.2 Å². The van der Waals surface area contributed by atoms with Gasteiger partial charge in [0.05, 0.1) is 17.4 Å².